The van der Waals surface area contributed by atoms with Crippen molar-refractivity contribution in [2.75, 3.05) is 13.1 Å². The SMILES string of the molecule is C=CCCNCC(O)CCC. The number of rotatable bonds is 7. The first kappa shape index (κ1) is 10.7. The predicted molar refractivity (Wildman–Crippen MR) is 48.6 cm³/mol. The van der Waals surface area contributed by atoms with Crippen molar-refractivity contribution in [3.8, 4) is 0 Å². The second-order valence-corrected chi connectivity index (χ2v) is 2.72. The van der Waals surface area contributed by atoms with Crippen LogP contribution in [0.2, 0.25) is 0 Å². The molecular formula is C9H19NO. The van der Waals surface area contributed by atoms with Gasteiger partial charge >= 0.3 is 0 Å². The predicted octanol–water partition coefficient (Wildman–Crippen LogP) is 1.31. The Morgan fingerprint density at radius 3 is 2.91 bits per heavy atom. The zero-order valence-electron chi connectivity index (χ0n) is 7.34. The van der Waals surface area contributed by atoms with Crippen LogP contribution in [0.1, 0.15) is 26.2 Å². The molecule has 0 aliphatic heterocycles. The van der Waals surface area contributed by atoms with E-state index in [2.05, 4.69) is 18.8 Å². The number of hydrogen-bond acceptors (Lipinski definition) is 2. The minimum Gasteiger partial charge on any atom is -0.392 e. The lowest BCUT2D eigenvalue weighted by Crippen LogP contribution is -2.27. The largest absolute Gasteiger partial charge is 0.392 e. The van der Waals surface area contributed by atoms with Gasteiger partial charge in [-0.25, -0.2) is 0 Å². The average Bonchev–Trinajstić information content (AvgIpc) is 1.99. The molecule has 11 heavy (non-hydrogen) atoms. The number of hydrogen-bond donors (Lipinski definition) is 2. The maximum atomic E-state index is 9.26. The van der Waals surface area contributed by atoms with Crippen molar-refractivity contribution < 1.29 is 5.11 Å². The van der Waals surface area contributed by atoms with Crippen molar-refractivity contribution in [3.63, 3.8) is 0 Å². The zero-order valence-corrected chi connectivity index (χ0v) is 7.34. The topological polar surface area (TPSA) is 32.3 Å². The van der Waals surface area contributed by atoms with Crippen molar-refractivity contribution >= 4 is 0 Å². The minimum absolute atomic E-state index is 0.176. The van der Waals surface area contributed by atoms with E-state index in [0.717, 1.165) is 25.8 Å². The minimum atomic E-state index is -0.176. The van der Waals surface area contributed by atoms with Crippen LogP contribution in [-0.2, 0) is 0 Å². The van der Waals surface area contributed by atoms with Crippen molar-refractivity contribution in [1.29, 1.82) is 0 Å². The van der Waals surface area contributed by atoms with Gasteiger partial charge in [0, 0.05) is 6.54 Å². The molecule has 0 rings (SSSR count). The molecule has 0 amide bonds. The van der Waals surface area contributed by atoms with Crippen LogP contribution in [0.25, 0.3) is 0 Å². The van der Waals surface area contributed by atoms with Gasteiger partial charge in [-0.2, -0.15) is 0 Å². The van der Waals surface area contributed by atoms with E-state index in [-0.39, 0.29) is 6.10 Å². The maximum Gasteiger partial charge on any atom is 0.0664 e. The second-order valence-electron chi connectivity index (χ2n) is 2.72. The van der Waals surface area contributed by atoms with Crippen LogP contribution in [0.3, 0.4) is 0 Å². The number of aliphatic hydroxyl groups excluding tert-OH is 1. The lowest BCUT2D eigenvalue weighted by atomic mass is 10.2. The molecule has 2 N–H and O–H groups in total. The monoisotopic (exact) mass is 157 g/mol. The van der Waals surface area contributed by atoms with Gasteiger partial charge in [-0.3, -0.25) is 0 Å². The lowest BCUT2D eigenvalue weighted by molar-refractivity contribution is 0.161. The van der Waals surface area contributed by atoms with E-state index >= 15 is 0 Å². The average molecular weight is 157 g/mol. The van der Waals surface area contributed by atoms with Gasteiger partial charge in [-0.15, -0.1) is 6.58 Å². The summed E-state index contributed by atoms with van der Waals surface area (Å²) in [5, 5.41) is 12.4. The van der Waals surface area contributed by atoms with Crippen molar-refractivity contribution in [2.24, 2.45) is 0 Å². The molecule has 0 saturated carbocycles. The van der Waals surface area contributed by atoms with E-state index in [1.165, 1.54) is 0 Å². The molecule has 0 fully saturated rings. The quantitative estimate of drug-likeness (QED) is 0.431. The normalized spacial score (nSPS) is 12.9. The Bertz CT molecular complexity index is 93.6. The first-order valence-corrected chi connectivity index (χ1v) is 4.31. The van der Waals surface area contributed by atoms with E-state index in [1.54, 1.807) is 0 Å². The Balaban J connectivity index is 3.03. The summed E-state index contributed by atoms with van der Waals surface area (Å²) in [4.78, 5) is 0. The van der Waals surface area contributed by atoms with Crippen LogP contribution in [0.15, 0.2) is 12.7 Å². The Morgan fingerprint density at radius 2 is 2.36 bits per heavy atom. The van der Waals surface area contributed by atoms with Crippen LogP contribution in [0.4, 0.5) is 0 Å². The highest BCUT2D eigenvalue weighted by atomic mass is 16.3. The fourth-order valence-corrected chi connectivity index (χ4v) is 0.908. The third-order valence-corrected chi connectivity index (χ3v) is 1.53. The molecule has 1 atom stereocenters. The Morgan fingerprint density at radius 1 is 1.64 bits per heavy atom. The molecule has 0 aliphatic rings. The molecule has 2 nitrogen and oxygen atoms in total. The fourth-order valence-electron chi connectivity index (χ4n) is 0.908. The molecular weight excluding hydrogens is 138 g/mol. The van der Waals surface area contributed by atoms with Crippen LogP contribution >= 0.6 is 0 Å². The van der Waals surface area contributed by atoms with Gasteiger partial charge in [-0.05, 0) is 19.4 Å². The zero-order chi connectivity index (χ0) is 8.53. The molecule has 1 unspecified atom stereocenters. The van der Waals surface area contributed by atoms with Gasteiger partial charge in [-0.1, -0.05) is 19.4 Å². The number of nitrogens with one attached hydrogen (secondary N) is 1. The van der Waals surface area contributed by atoms with Crippen LogP contribution < -0.4 is 5.32 Å². The molecule has 0 aromatic rings. The lowest BCUT2D eigenvalue weighted by Gasteiger charge is -2.09. The summed E-state index contributed by atoms with van der Waals surface area (Å²) in [5.41, 5.74) is 0. The second kappa shape index (κ2) is 7.76. The smallest absolute Gasteiger partial charge is 0.0664 e. The summed E-state index contributed by atoms with van der Waals surface area (Å²) in [7, 11) is 0. The molecule has 0 saturated heterocycles. The third-order valence-electron chi connectivity index (χ3n) is 1.53. The Labute approximate surface area is 69.3 Å². The summed E-state index contributed by atoms with van der Waals surface area (Å²) in [6.45, 7) is 7.32. The highest BCUT2D eigenvalue weighted by Crippen LogP contribution is 1.93. The van der Waals surface area contributed by atoms with E-state index in [0.29, 0.717) is 6.54 Å². The summed E-state index contributed by atoms with van der Waals surface area (Å²) < 4.78 is 0. The van der Waals surface area contributed by atoms with Crippen LogP contribution in [0.5, 0.6) is 0 Å². The van der Waals surface area contributed by atoms with E-state index in [1.807, 2.05) is 6.08 Å². The van der Waals surface area contributed by atoms with E-state index in [9.17, 15) is 5.11 Å². The molecule has 0 spiro atoms. The highest BCUT2D eigenvalue weighted by molar-refractivity contribution is 4.68. The molecule has 0 heterocycles. The maximum absolute atomic E-state index is 9.26. The van der Waals surface area contributed by atoms with E-state index < -0.39 is 0 Å². The van der Waals surface area contributed by atoms with E-state index in [4.69, 9.17) is 0 Å². The fraction of sp³-hybridized carbons (Fsp3) is 0.778. The molecule has 0 aliphatic carbocycles. The molecule has 0 aromatic carbocycles. The Hall–Kier alpha value is -0.340. The summed E-state index contributed by atoms with van der Waals surface area (Å²) >= 11 is 0. The van der Waals surface area contributed by atoms with Crippen LogP contribution in [0, 0.1) is 0 Å². The van der Waals surface area contributed by atoms with Crippen molar-refractivity contribution in [2.45, 2.75) is 32.3 Å². The van der Waals surface area contributed by atoms with Crippen LogP contribution in [-0.4, -0.2) is 24.3 Å². The standard InChI is InChI=1S/C9H19NO/c1-3-5-7-10-8-9(11)6-4-2/h3,9-11H,1,4-8H2,2H3. The van der Waals surface area contributed by atoms with Crippen molar-refractivity contribution in [3.05, 3.63) is 12.7 Å². The molecule has 2 heteroatoms. The third kappa shape index (κ3) is 7.56. The Kier molecular flexibility index (Phi) is 7.52. The summed E-state index contributed by atoms with van der Waals surface area (Å²) in [5.74, 6) is 0. The van der Waals surface area contributed by atoms with Gasteiger partial charge in [0.25, 0.3) is 0 Å². The van der Waals surface area contributed by atoms with Gasteiger partial charge in [0.1, 0.15) is 0 Å². The molecule has 66 valence electrons. The van der Waals surface area contributed by atoms with Gasteiger partial charge < -0.3 is 10.4 Å². The van der Waals surface area contributed by atoms with Gasteiger partial charge in [0.15, 0.2) is 0 Å². The van der Waals surface area contributed by atoms with Crippen molar-refractivity contribution in [1.82, 2.24) is 5.32 Å². The summed E-state index contributed by atoms with van der Waals surface area (Å²) in [6.07, 6.45) is 4.61. The van der Waals surface area contributed by atoms with Gasteiger partial charge in [0.05, 0.1) is 6.10 Å². The summed E-state index contributed by atoms with van der Waals surface area (Å²) in [6, 6.07) is 0. The number of aliphatic hydroxyl groups is 1. The first-order chi connectivity index (χ1) is 5.31. The molecule has 0 radical (unpaired) electrons. The highest BCUT2D eigenvalue weighted by Gasteiger charge is 1.99. The molecule has 0 bridgehead atoms. The molecule has 0 aromatic heterocycles. The van der Waals surface area contributed by atoms with Gasteiger partial charge in [0.2, 0.25) is 0 Å². The first-order valence-electron chi connectivity index (χ1n) is 4.31.